The van der Waals surface area contributed by atoms with Crippen molar-refractivity contribution in [2.24, 2.45) is 11.7 Å². The van der Waals surface area contributed by atoms with Crippen molar-refractivity contribution in [2.45, 2.75) is 39.3 Å². The molecule has 2 nitrogen and oxygen atoms in total. The monoisotopic (exact) mass is 308 g/mol. The highest BCUT2D eigenvalue weighted by atomic mass is 15.1. The van der Waals surface area contributed by atoms with Gasteiger partial charge in [0.05, 0.1) is 0 Å². The van der Waals surface area contributed by atoms with Crippen LogP contribution < -0.4 is 5.73 Å². The summed E-state index contributed by atoms with van der Waals surface area (Å²) in [4.78, 5) is 2.54. The predicted molar refractivity (Wildman–Crippen MR) is 97.4 cm³/mol. The highest BCUT2D eigenvalue weighted by Crippen LogP contribution is 2.23. The van der Waals surface area contributed by atoms with Crippen molar-refractivity contribution in [2.75, 3.05) is 13.1 Å². The summed E-state index contributed by atoms with van der Waals surface area (Å²) in [5.41, 5.74) is 11.9. The van der Waals surface area contributed by atoms with Gasteiger partial charge in [0.15, 0.2) is 0 Å². The fraction of sp³-hybridized carbons (Fsp3) is 0.429. The highest BCUT2D eigenvalue weighted by Gasteiger charge is 2.25. The van der Waals surface area contributed by atoms with Gasteiger partial charge in [-0.2, -0.15) is 0 Å². The van der Waals surface area contributed by atoms with E-state index < -0.39 is 0 Å². The molecule has 2 heteroatoms. The zero-order chi connectivity index (χ0) is 16.2. The summed E-state index contributed by atoms with van der Waals surface area (Å²) in [6, 6.07) is 17.9. The SMILES string of the molecule is Cc1ccc(CC2CC(N)CN(Cc3ccccc3C)C2)cc1. The van der Waals surface area contributed by atoms with Crippen molar-refractivity contribution in [3.05, 3.63) is 70.8 Å². The zero-order valence-electron chi connectivity index (χ0n) is 14.3. The minimum atomic E-state index is 0.295. The molecule has 1 heterocycles. The minimum absolute atomic E-state index is 0.295. The predicted octanol–water partition coefficient (Wildman–Crippen LogP) is 3.70. The Morgan fingerprint density at radius 1 is 1.00 bits per heavy atom. The van der Waals surface area contributed by atoms with Crippen LogP contribution in [0.4, 0.5) is 0 Å². The van der Waals surface area contributed by atoms with Crippen LogP contribution >= 0.6 is 0 Å². The second-order valence-electron chi connectivity index (χ2n) is 7.17. The fourth-order valence-corrected chi connectivity index (χ4v) is 3.71. The second-order valence-corrected chi connectivity index (χ2v) is 7.17. The van der Waals surface area contributed by atoms with Crippen molar-refractivity contribution in [3.8, 4) is 0 Å². The van der Waals surface area contributed by atoms with Gasteiger partial charge < -0.3 is 5.73 Å². The molecular formula is C21H28N2. The van der Waals surface area contributed by atoms with Gasteiger partial charge in [0.25, 0.3) is 0 Å². The third kappa shape index (κ3) is 4.43. The standard InChI is InChI=1S/C21H28N2/c1-16-7-9-18(10-8-16)11-19-12-21(22)15-23(13-19)14-20-6-4-3-5-17(20)2/h3-10,19,21H,11-15,22H2,1-2H3. The molecule has 0 saturated carbocycles. The zero-order valence-corrected chi connectivity index (χ0v) is 14.3. The number of hydrogen-bond donors (Lipinski definition) is 1. The third-order valence-electron chi connectivity index (χ3n) is 4.95. The van der Waals surface area contributed by atoms with Crippen LogP contribution in [0.5, 0.6) is 0 Å². The molecule has 0 aromatic heterocycles. The quantitative estimate of drug-likeness (QED) is 0.933. The number of benzene rings is 2. The van der Waals surface area contributed by atoms with Gasteiger partial charge in [0.1, 0.15) is 0 Å². The van der Waals surface area contributed by atoms with E-state index in [1.165, 1.54) is 22.3 Å². The molecule has 0 aliphatic carbocycles. The first kappa shape index (κ1) is 16.2. The average molecular weight is 308 g/mol. The first-order valence-corrected chi connectivity index (χ1v) is 8.68. The van der Waals surface area contributed by atoms with E-state index in [1.807, 2.05) is 0 Å². The smallest absolute Gasteiger partial charge is 0.0237 e. The van der Waals surface area contributed by atoms with E-state index in [0.717, 1.165) is 32.5 Å². The average Bonchev–Trinajstić information content (AvgIpc) is 2.51. The molecule has 0 bridgehead atoms. The molecule has 2 N–H and O–H groups in total. The lowest BCUT2D eigenvalue weighted by Crippen LogP contribution is -2.47. The number of nitrogens with two attached hydrogens (primary N) is 1. The van der Waals surface area contributed by atoms with Crippen LogP contribution in [0.2, 0.25) is 0 Å². The Hall–Kier alpha value is -1.64. The first-order valence-electron chi connectivity index (χ1n) is 8.68. The van der Waals surface area contributed by atoms with Crippen molar-refractivity contribution in [3.63, 3.8) is 0 Å². The van der Waals surface area contributed by atoms with E-state index in [0.29, 0.717) is 12.0 Å². The van der Waals surface area contributed by atoms with Crippen LogP contribution in [0.15, 0.2) is 48.5 Å². The number of nitrogens with zero attached hydrogens (tertiary/aromatic N) is 1. The summed E-state index contributed by atoms with van der Waals surface area (Å²) in [6.07, 6.45) is 2.27. The molecule has 0 amide bonds. The van der Waals surface area contributed by atoms with Crippen LogP contribution in [0.1, 0.15) is 28.7 Å². The second kappa shape index (κ2) is 7.29. The van der Waals surface area contributed by atoms with Crippen LogP contribution in [0, 0.1) is 19.8 Å². The topological polar surface area (TPSA) is 29.3 Å². The molecule has 2 aromatic carbocycles. The molecule has 0 spiro atoms. The Morgan fingerprint density at radius 3 is 2.48 bits per heavy atom. The van der Waals surface area contributed by atoms with Gasteiger partial charge in [-0.1, -0.05) is 54.1 Å². The number of aryl methyl sites for hydroxylation is 2. The Labute approximate surface area is 140 Å². The summed E-state index contributed by atoms with van der Waals surface area (Å²) in [6.45, 7) is 7.52. The summed E-state index contributed by atoms with van der Waals surface area (Å²) >= 11 is 0. The number of likely N-dealkylation sites (tertiary alicyclic amines) is 1. The van der Waals surface area contributed by atoms with Crippen molar-refractivity contribution in [1.29, 1.82) is 0 Å². The van der Waals surface area contributed by atoms with E-state index in [-0.39, 0.29) is 0 Å². The van der Waals surface area contributed by atoms with Gasteiger partial charge in [-0.15, -0.1) is 0 Å². The molecular weight excluding hydrogens is 280 g/mol. The lowest BCUT2D eigenvalue weighted by molar-refractivity contribution is 0.149. The van der Waals surface area contributed by atoms with Crippen molar-refractivity contribution in [1.82, 2.24) is 4.90 Å². The summed E-state index contributed by atoms with van der Waals surface area (Å²) in [5.74, 6) is 0.658. The Balaban J connectivity index is 1.64. The normalized spacial score (nSPS) is 22.2. The van der Waals surface area contributed by atoms with Crippen LogP contribution in [-0.2, 0) is 13.0 Å². The maximum Gasteiger partial charge on any atom is 0.0237 e. The minimum Gasteiger partial charge on any atom is -0.327 e. The summed E-state index contributed by atoms with van der Waals surface area (Å²) in [5, 5.41) is 0. The van der Waals surface area contributed by atoms with Crippen LogP contribution in [0.25, 0.3) is 0 Å². The van der Waals surface area contributed by atoms with Crippen LogP contribution in [-0.4, -0.2) is 24.0 Å². The largest absolute Gasteiger partial charge is 0.327 e. The number of rotatable bonds is 4. The highest BCUT2D eigenvalue weighted by molar-refractivity contribution is 5.25. The van der Waals surface area contributed by atoms with Gasteiger partial charge in [-0.3, -0.25) is 4.90 Å². The third-order valence-corrected chi connectivity index (χ3v) is 4.95. The Bertz CT molecular complexity index is 633. The van der Waals surface area contributed by atoms with Gasteiger partial charge in [-0.25, -0.2) is 0 Å². The molecule has 122 valence electrons. The Morgan fingerprint density at radius 2 is 1.74 bits per heavy atom. The first-order chi connectivity index (χ1) is 11.1. The lowest BCUT2D eigenvalue weighted by atomic mass is 9.88. The van der Waals surface area contributed by atoms with E-state index in [9.17, 15) is 0 Å². The van der Waals surface area contributed by atoms with Crippen LogP contribution in [0.3, 0.4) is 0 Å². The maximum absolute atomic E-state index is 6.34. The van der Waals surface area contributed by atoms with Crippen molar-refractivity contribution >= 4 is 0 Å². The molecule has 2 aromatic rings. The summed E-state index contributed by atoms with van der Waals surface area (Å²) < 4.78 is 0. The fourth-order valence-electron chi connectivity index (χ4n) is 3.71. The lowest BCUT2D eigenvalue weighted by Gasteiger charge is -2.36. The molecule has 2 unspecified atom stereocenters. The molecule has 1 fully saturated rings. The molecule has 1 saturated heterocycles. The van der Waals surface area contributed by atoms with Gasteiger partial charge >= 0.3 is 0 Å². The van der Waals surface area contributed by atoms with E-state index >= 15 is 0 Å². The van der Waals surface area contributed by atoms with Gasteiger partial charge in [0, 0.05) is 25.7 Å². The van der Waals surface area contributed by atoms with Gasteiger partial charge in [0.2, 0.25) is 0 Å². The molecule has 1 aliphatic heterocycles. The Kier molecular flexibility index (Phi) is 5.14. The van der Waals surface area contributed by atoms with Crippen molar-refractivity contribution < 1.29 is 0 Å². The molecule has 3 rings (SSSR count). The van der Waals surface area contributed by atoms with E-state index in [2.05, 4.69) is 67.3 Å². The molecule has 1 aliphatic rings. The molecule has 23 heavy (non-hydrogen) atoms. The maximum atomic E-state index is 6.34. The number of hydrogen-bond acceptors (Lipinski definition) is 2. The molecule has 0 radical (unpaired) electrons. The van der Waals surface area contributed by atoms with E-state index in [1.54, 1.807) is 0 Å². The summed E-state index contributed by atoms with van der Waals surface area (Å²) in [7, 11) is 0. The van der Waals surface area contributed by atoms with E-state index in [4.69, 9.17) is 5.73 Å². The molecule has 2 atom stereocenters. The number of piperidine rings is 1. The van der Waals surface area contributed by atoms with Gasteiger partial charge in [-0.05, 0) is 49.3 Å².